The molecule has 52 nitrogen and oxygen atoms in total. The number of esters is 1. The number of carboxylic acids is 1. The molecule has 0 radical (unpaired) electrons. The predicted molar refractivity (Wildman–Crippen MR) is 533 cm³/mol. The van der Waals surface area contributed by atoms with E-state index < -0.39 is 91.3 Å². The Morgan fingerprint density at radius 2 is 0.960 bits per heavy atom. The maximum Gasteiger partial charge on any atom is 0.407 e. The second kappa shape index (κ2) is 74.0. The molecule has 7 rings (SSSR count). The molecular formula is C97H149N15O37. The molecule has 0 spiro atoms. The molecule has 5 heterocycles. The highest BCUT2D eigenvalue weighted by Gasteiger charge is 2.34. The highest BCUT2D eigenvalue weighted by molar-refractivity contribution is 6.13. The molecule has 2 aromatic heterocycles. The maximum atomic E-state index is 13.3. The van der Waals surface area contributed by atoms with Crippen LogP contribution in [0.15, 0.2) is 78.1 Å². The monoisotopic (exact) mass is 2120 g/mol. The number of nitrogens with zero attached hydrogens (tertiary/aromatic N) is 5. The molecule has 1 fully saturated rings. The van der Waals surface area contributed by atoms with Crippen LogP contribution < -0.4 is 62.6 Å². The van der Waals surface area contributed by atoms with Crippen molar-refractivity contribution in [1.29, 1.82) is 0 Å². The van der Waals surface area contributed by atoms with Crippen molar-refractivity contribution in [3.8, 4) is 22.6 Å². The van der Waals surface area contributed by atoms with Crippen molar-refractivity contribution < 1.29 is 178 Å². The largest absolute Gasteiger partial charge is 0.493 e. The standard InChI is InChI=1S/C52H67N9O14.C27H45N5O12.C11H21NO7.C7H16O4/c1-7-38(30-62)75-47(71-6)31-74-52(69)54-19-17-46(64)56-32(2)51(68)73-22-10-18-53-48(65)41-23-34(28-59(41)3)33-13-15-35(16-14-33)58-49(66)42-24-36(29-60(42)4)57-45(63)12-9-21-72-44-26-40-39(25-43(44)70-5)50(67)61-20-8-11-37(61)27-55-40;1-3-20(18-33)44-26(40-2)19-43-27(39)31-9-6-21(34)28-10-11-29-23(36)8-14-41-16-17-42-15-12-30-22(35)7-13-32-24(37)4-5-25(32)38;1-3-8(6-13)19-10(17-2)7-18-11(16)12-5-4-9(14)15;1-3-6(4-8)11-7(5-9)10-2/h13-16,23-29,32,37-38,47,62H,7-12,17-22,30-31H2,1-6H3,(H,53,65)(H,54,69)(H,56,64)(H,57,63)(H,58,66);4-5,20,26,33H,3,6-19H2,1-2H3,(H,28,34)(H,29,36)(H,30,35)(H,31,39);8,10,13H,3-7H2,1-2H3,(H,12,16)(H,14,15);6-9H,3-5H2,1-2H3/t32-,37-,38?,47?;;;/m0.../s1. The molecule has 10 atom stereocenters. The molecule has 8 unspecified atom stereocenters. The van der Waals surface area contributed by atoms with Gasteiger partial charge in [0.25, 0.3) is 29.5 Å². The number of alkyl carbamates (subject to hydrolysis) is 3. The second-order valence-corrected chi connectivity index (χ2v) is 32.9. The van der Waals surface area contributed by atoms with Crippen LogP contribution in [0.4, 0.5) is 31.4 Å². The number of nitrogens with one attached hydrogen (secondary N) is 10. The number of amides is 13. The van der Waals surface area contributed by atoms with E-state index in [9.17, 15) is 77.0 Å². The third-order valence-corrected chi connectivity index (χ3v) is 21.8. The summed E-state index contributed by atoms with van der Waals surface area (Å²) in [4.78, 5) is 188. The number of hydrogen-bond acceptors (Lipinski definition) is 37. The number of fused-ring (bicyclic) bond motifs is 2. The summed E-state index contributed by atoms with van der Waals surface area (Å²) < 4.78 is 86.7. The fourth-order valence-electron chi connectivity index (χ4n) is 13.3. The lowest BCUT2D eigenvalue weighted by molar-refractivity contribution is -0.181. The summed E-state index contributed by atoms with van der Waals surface area (Å²) in [5, 5.41) is 79.2. The fourth-order valence-corrected chi connectivity index (χ4v) is 13.3. The molecule has 2 aromatic carbocycles. The third kappa shape index (κ3) is 50.8. The first-order valence-electron chi connectivity index (χ1n) is 48.8. The van der Waals surface area contributed by atoms with E-state index >= 15 is 0 Å². The van der Waals surface area contributed by atoms with E-state index in [4.69, 9.17) is 101 Å². The molecule has 16 N–H and O–H groups in total. The number of imide groups is 1. The van der Waals surface area contributed by atoms with E-state index in [2.05, 4.69) is 58.2 Å². The third-order valence-electron chi connectivity index (χ3n) is 21.8. The minimum Gasteiger partial charge on any atom is -0.493 e. The quantitative estimate of drug-likeness (QED) is 0.00989. The molecule has 0 bridgehead atoms. The van der Waals surface area contributed by atoms with E-state index in [0.717, 1.165) is 28.9 Å². The van der Waals surface area contributed by atoms with Gasteiger partial charge in [-0.1, -0.05) is 39.8 Å². The van der Waals surface area contributed by atoms with Crippen LogP contribution in [-0.2, 0) is 124 Å². The number of anilines is 2. The van der Waals surface area contributed by atoms with Crippen molar-refractivity contribution in [1.82, 2.24) is 61.5 Å². The topological polar surface area (TPSA) is 674 Å². The number of carbonyl (C=O) groups is 15. The van der Waals surface area contributed by atoms with Crippen molar-refractivity contribution >= 4 is 113 Å². The van der Waals surface area contributed by atoms with Crippen LogP contribution in [0.1, 0.15) is 156 Å². The lowest BCUT2D eigenvalue weighted by Crippen LogP contribution is -2.41. The number of aromatic nitrogens is 2. The molecule has 52 heteroatoms. The van der Waals surface area contributed by atoms with E-state index in [1.54, 1.807) is 72.0 Å². The van der Waals surface area contributed by atoms with Gasteiger partial charge in [-0.05, 0) is 94.2 Å². The molecule has 834 valence electrons. The van der Waals surface area contributed by atoms with E-state index in [-0.39, 0.29) is 243 Å². The zero-order valence-electron chi connectivity index (χ0n) is 86.5. The van der Waals surface area contributed by atoms with Gasteiger partial charge in [0.1, 0.15) is 37.3 Å². The van der Waals surface area contributed by atoms with Crippen molar-refractivity contribution in [2.75, 3.05) is 198 Å². The molecule has 3 aliphatic rings. The average molecular weight is 2120 g/mol. The summed E-state index contributed by atoms with van der Waals surface area (Å²) in [6.07, 6.45) is 5.61. The van der Waals surface area contributed by atoms with Crippen LogP contribution in [-0.4, -0.2) is 394 Å². The number of carboxylic acid groups (broad SMARTS) is 1. The number of aliphatic hydroxyl groups excluding tert-OH is 5. The molecule has 1 saturated heterocycles. The summed E-state index contributed by atoms with van der Waals surface area (Å²) in [5.41, 5.74) is 4.25. The summed E-state index contributed by atoms with van der Waals surface area (Å²) >= 11 is 0. The molecule has 149 heavy (non-hydrogen) atoms. The van der Waals surface area contributed by atoms with Crippen LogP contribution in [0.5, 0.6) is 11.5 Å². The first-order valence-corrected chi connectivity index (χ1v) is 48.8. The minimum absolute atomic E-state index is 0.00665. The fraction of sp³-hybridized carbons (Fsp3) is 0.608. The summed E-state index contributed by atoms with van der Waals surface area (Å²) in [6.45, 7) is 10.3. The second-order valence-electron chi connectivity index (χ2n) is 32.9. The first-order chi connectivity index (χ1) is 71.6. The Kier molecular flexibility index (Phi) is 63.8. The number of aliphatic hydroxyl groups is 5. The Labute approximate surface area is 864 Å². The Bertz CT molecular complexity index is 4780. The van der Waals surface area contributed by atoms with E-state index in [0.29, 0.717) is 90.6 Å². The number of aliphatic imine (C=N–C) groups is 1. The van der Waals surface area contributed by atoms with Gasteiger partial charge in [0.05, 0.1) is 134 Å². The summed E-state index contributed by atoms with van der Waals surface area (Å²) in [7, 11) is 10.6. The van der Waals surface area contributed by atoms with Crippen LogP contribution in [0.3, 0.4) is 0 Å². The Balaban J connectivity index is 0.000000520. The number of carbonyl (C=O) groups excluding carboxylic acids is 14. The van der Waals surface area contributed by atoms with Crippen molar-refractivity contribution in [3.63, 3.8) is 0 Å². The van der Waals surface area contributed by atoms with E-state index in [1.165, 1.54) is 54.6 Å². The Morgan fingerprint density at radius 1 is 0.456 bits per heavy atom. The zero-order valence-corrected chi connectivity index (χ0v) is 86.5. The van der Waals surface area contributed by atoms with Crippen LogP contribution in [0.25, 0.3) is 11.1 Å². The van der Waals surface area contributed by atoms with Crippen molar-refractivity contribution in [2.24, 2.45) is 19.1 Å². The van der Waals surface area contributed by atoms with Gasteiger partial charge in [0.2, 0.25) is 29.5 Å². The zero-order chi connectivity index (χ0) is 110. The van der Waals surface area contributed by atoms with Crippen molar-refractivity contribution in [3.05, 3.63) is 90.0 Å². The number of methoxy groups -OCH3 is 5. The number of hydrogen-bond donors (Lipinski definition) is 16. The molecule has 4 aromatic rings. The lowest BCUT2D eigenvalue weighted by Gasteiger charge is -2.21. The molecular weight excluding hydrogens is 1970 g/mol. The van der Waals surface area contributed by atoms with Gasteiger partial charge in [-0.15, -0.1) is 0 Å². The normalized spacial score (nSPS) is 14.5. The maximum absolute atomic E-state index is 13.3. The van der Waals surface area contributed by atoms with Gasteiger partial charge in [0, 0.05) is 182 Å². The number of ether oxygens (including phenoxy) is 16. The van der Waals surface area contributed by atoms with Gasteiger partial charge in [-0.3, -0.25) is 62.6 Å². The van der Waals surface area contributed by atoms with Crippen LogP contribution in [0.2, 0.25) is 0 Å². The highest BCUT2D eigenvalue weighted by Crippen LogP contribution is 2.38. The molecule has 13 amide bonds. The summed E-state index contributed by atoms with van der Waals surface area (Å²) in [6, 6.07) is 12.8. The lowest BCUT2D eigenvalue weighted by atomic mass is 10.1. The summed E-state index contributed by atoms with van der Waals surface area (Å²) in [5.74, 6) is -4.13. The molecule has 0 aliphatic carbocycles. The molecule has 3 aliphatic heterocycles. The minimum atomic E-state index is -1.01. The van der Waals surface area contributed by atoms with Gasteiger partial charge in [0.15, 0.2) is 36.7 Å². The SMILES string of the molecule is CCC(CO)OC(CO)OC.CCC(CO)OC(COC(=O)NCCC(=O)NCCNC(=O)CCOCCOCCNC(=O)CCN1C(=O)C=CC1=O)OC.CCC(CO)OC(COC(=O)NCCC(=O)N[C@@H](C)C(=O)OCCCNC(=O)c1cc(-c2ccc(NC(=O)c3cc(NC(=O)CCCOc4cc5c(cc4OC)C(=O)N4CCC[C@H]4C=N5)cn3C)cc2)cn1C)OC.CCC(CO)OC(COC(=O)NCCC(=O)O)OC. The number of aryl methyl sites for hydroxylation is 2. The van der Waals surface area contributed by atoms with Gasteiger partial charge < -0.3 is 174 Å². The number of benzene rings is 2. The average Bonchev–Trinajstić information content (AvgIpc) is 1.66. The van der Waals surface area contributed by atoms with E-state index in [1.807, 2.05) is 50.9 Å². The highest BCUT2D eigenvalue weighted by atomic mass is 16.7. The van der Waals surface area contributed by atoms with Gasteiger partial charge in [-0.2, -0.15) is 0 Å². The van der Waals surface area contributed by atoms with Crippen LogP contribution in [0, 0.1) is 0 Å². The Morgan fingerprint density at radius 3 is 1.48 bits per heavy atom. The number of aliphatic carboxylic acids is 1. The Hall–Kier alpha value is -12.9. The van der Waals surface area contributed by atoms with Crippen LogP contribution >= 0.6 is 0 Å². The predicted octanol–water partition coefficient (Wildman–Crippen LogP) is 2.09. The van der Waals surface area contributed by atoms with Crippen molar-refractivity contribution in [2.45, 2.75) is 186 Å². The molecule has 0 saturated carbocycles. The number of rotatable bonds is 68. The van der Waals surface area contributed by atoms with Gasteiger partial charge in [-0.25, -0.2) is 19.2 Å². The van der Waals surface area contributed by atoms with Gasteiger partial charge >= 0.3 is 30.2 Å². The first kappa shape index (κ1) is 128. The smallest absolute Gasteiger partial charge is 0.407 e.